The third kappa shape index (κ3) is 4.76. The topological polar surface area (TPSA) is 137 Å². The van der Waals surface area contributed by atoms with Crippen LogP contribution in [0.4, 0.5) is 11.4 Å². The number of hydrogen-bond acceptors (Lipinski definition) is 8. The Morgan fingerprint density at radius 3 is 2.48 bits per heavy atom. The minimum absolute atomic E-state index is 0.0474. The normalized spacial score (nSPS) is 21.5. The molecule has 11 heteroatoms. The Morgan fingerprint density at radius 1 is 1.00 bits per heavy atom. The number of aryl methyl sites for hydroxylation is 1. The van der Waals surface area contributed by atoms with Gasteiger partial charge in [0, 0.05) is 33.2 Å². The lowest BCUT2D eigenvalue weighted by molar-refractivity contribution is -0.385. The van der Waals surface area contributed by atoms with Crippen molar-refractivity contribution in [1.82, 2.24) is 4.98 Å². The summed E-state index contributed by atoms with van der Waals surface area (Å²) in [5.74, 6) is -2.12. The number of allylic oxidation sites excluding steroid dienone is 2. The van der Waals surface area contributed by atoms with Gasteiger partial charge < -0.3 is 4.74 Å². The molecule has 7 rings (SSSR count). The molecule has 2 fully saturated rings. The summed E-state index contributed by atoms with van der Waals surface area (Å²) in [5, 5.41) is 12.1. The average Bonchev–Trinajstić information content (AvgIpc) is 3.68. The standard InChI is InChI=1S/C35H26ClN3O7/c1-17-3-4-20(13-29(17)39(44)45)30(40)16-46-35(43)26-15-28(37-27-10-7-22(36)14-25(26)27)19-5-8-23(9-6-19)38-33(41)31-21-11-18(2)24(12-21)32(31)34(38)42/h3-11,13-15,21,24,31-32H,12,16H2,1-2H3. The molecule has 2 bridgehead atoms. The number of carbonyl (C=O) groups excluding carboxylic acids is 4. The number of amides is 2. The van der Waals surface area contributed by atoms with Crippen molar-refractivity contribution in [3.63, 3.8) is 0 Å². The molecule has 1 saturated carbocycles. The number of aromatic nitrogens is 1. The summed E-state index contributed by atoms with van der Waals surface area (Å²) in [7, 11) is 0. The van der Waals surface area contributed by atoms with Crippen LogP contribution in [0.3, 0.4) is 0 Å². The molecule has 1 saturated heterocycles. The summed E-state index contributed by atoms with van der Waals surface area (Å²) in [6.45, 7) is 2.96. The number of nitro groups is 1. The molecule has 1 aliphatic heterocycles. The molecule has 0 N–H and O–H groups in total. The van der Waals surface area contributed by atoms with E-state index in [1.54, 1.807) is 49.4 Å². The van der Waals surface area contributed by atoms with Gasteiger partial charge in [0.25, 0.3) is 5.69 Å². The highest BCUT2D eigenvalue weighted by molar-refractivity contribution is 6.31. The highest BCUT2D eigenvalue weighted by Crippen LogP contribution is 2.56. The Morgan fingerprint density at radius 2 is 1.74 bits per heavy atom. The lowest BCUT2D eigenvalue weighted by atomic mass is 9.82. The molecule has 0 radical (unpaired) electrons. The number of anilines is 1. The van der Waals surface area contributed by atoms with E-state index in [0.29, 0.717) is 38.4 Å². The fourth-order valence-electron chi connectivity index (χ4n) is 7.10. The van der Waals surface area contributed by atoms with Gasteiger partial charge in [-0.1, -0.05) is 47.5 Å². The van der Waals surface area contributed by atoms with E-state index in [0.717, 1.165) is 12.5 Å². The Kier molecular flexibility index (Phi) is 7.05. The molecule has 2 aliphatic carbocycles. The second-order valence-electron chi connectivity index (χ2n) is 12.0. The number of benzene rings is 3. The molecule has 1 aromatic heterocycles. The van der Waals surface area contributed by atoms with E-state index in [-0.39, 0.29) is 52.3 Å². The van der Waals surface area contributed by atoms with Gasteiger partial charge in [-0.3, -0.25) is 29.4 Å². The molecule has 2 heterocycles. The summed E-state index contributed by atoms with van der Waals surface area (Å²) in [4.78, 5) is 69.6. The highest BCUT2D eigenvalue weighted by atomic mass is 35.5. The number of fused-ring (bicyclic) bond motifs is 6. The van der Waals surface area contributed by atoms with Crippen molar-refractivity contribution in [2.45, 2.75) is 20.3 Å². The molecule has 0 spiro atoms. The molecule has 46 heavy (non-hydrogen) atoms. The molecule has 3 aliphatic rings. The van der Waals surface area contributed by atoms with Crippen LogP contribution in [-0.4, -0.2) is 40.1 Å². The number of nitro benzene ring substituents is 1. The number of esters is 1. The minimum Gasteiger partial charge on any atom is -0.454 e. The van der Waals surface area contributed by atoms with Crippen LogP contribution < -0.4 is 4.90 Å². The summed E-state index contributed by atoms with van der Waals surface area (Å²) < 4.78 is 5.37. The number of ether oxygens (including phenoxy) is 1. The fourth-order valence-corrected chi connectivity index (χ4v) is 7.27. The number of Topliss-reactive ketones (excluding diaryl/α,β-unsaturated/α-hetero) is 1. The lowest BCUT2D eigenvalue weighted by Gasteiger charge is -2.19. The van der Waals surface area contributed by atoms with E-state index in [1.807, 2.05) is 6.92 Å². The molecule has 230 valence electrons. The Labute approximate surface area is 267 Å². The first-order valence-electron chi connectivity index (χ1n) is 14.7. The van der Waals surface area contributed by atoms with Gasteiger partial charge in [-0.25, -0.2) is 9.78 Å². The van der Waals surface area contributed by atoms with Gasteiger partial charge >= 0.3 is 5.97 Å². The average molecular weight is 636 g/mol. The third-order valence-electron chi connectivity index (χ3n) is 9.35. The Balaban J connectivity index is 1.15. The number of nitrogens with zero attached hydrogens (tertiary/aromatic N) is 3. The van der Waals surface area contributed by atoms with Gasteiger partial charge in [-0.15, -0.1) is 0 Å². The van der Waals surface area contributed by atoms with Crippen molar-refractivity contribution in [3.05, 3.63) is 110 Å². The van der Waals surface area contributed by atoms with E-state index in [9.17, 15) is 29.3 Å². The zero-order valence-electron chi connectivity index (χ0n) is 24.7. The smallest absolute Gasteiger partial charge is 0.339 e. The lowest BCUT2D eigenvalue weighted by Crippen LogP contribution is -2.32. The highest BCUT2D eigenvalue weighted by Gasteiger charge is 2.60. The van der Waals surface area contributed by atoms with Gasteiger partial charge in [0.15, 0.2) is 6.61 Å². The van der Waals surface area contributed by atoms with E-state index in [1.165, 1.54) is 28.7 Å². The number of imide groups is 1. The quantitative estimate of drug-likeness (QED) is 0.0559. The molecular weight excluding hydrogens is 610 g/mol. The van der Waals surface area contributed by atoms with Gasteiger partial charge in [0.05, 0.1) is 39.2 Å². The maximum Gasteiger partial charge on any atom is 0.339 e. The van der Waals surface area contributed by atoms with Crippen molar-refractivity contribution >= 4 is 57.4 Å². The van der Waals surface area contributed by atoms with E-state index in [4.69, 9.17) is 21.3 Å². The third-order valence-corrected chi connectivity index (χ3v) is 9.59. The molecule has 10 nitrogen and oxygen atoms in total. The number of ketones is 1. The van der Waals surface area contributed by atoms with Gasteiger partial charge in [-0.05, 0) is 68.5 Å². The summed E-state index contributed by atoms with van der Waals surface area (Å²) in [6, 6.07) is 17.3. The van der Waals surface area contributed by atoms with Crippen LogP contribution in [0.15, 0.2) is 78.4 Å². The first-order chi connectivity index (χ1) is 22.0. The van der Waals surface area contributed by atoms with Crippen molar-refractivity contribution < 1.29 is 28.8 Å². The van der Waals surface area contributed by atoms with Crippen LogP contribution in [0.2, 0.25) is 5.02 Å². The van der Waals surface area contributed by atoms with E-state index in [2.05, 4.69) is 6.08 Å². The number of hydrogen-bond donors (Lipinski definition) is 0. The summed E-state index contributed by atoms with van der Waals surface area (Å²) in [6.07, 6.45) is 2.99. The van der Waals surface area contributed by atoms with Gasteiger partial charge in [0.1, 0.15) is 0 Å². The predicted octanol–water partition coefficient (Wildman–Crippen LogP) is 6.51. The second-order valence-corrected chi connectivity index (χ2v) is 12.4. The second kappa shape index (κ2) is 11.0. The predicted molar refractivity (Wildman–Crippen MR) is 169 cm³/mol. The zero-order valence-corrected chi connectivity index (χ0v) is 25.5. The van der Waals surface area contributed by atoms with Gasteiger partial charge in [-0.2, -0.15) is 0 Å². The fraction of sp³-hybridized carbons (Fsp3) is 0.229. The monoisotopic (exact) mass is 635 g/mol. The van der Waals surface area contributed by atoms with Crippen LogP contribution in [0.1, 0.15) is 39.6 Å². The largest absolute Gasteiger partial charge is 0.454 e. The van der Waals surface area contributed by atoms with Crippen LogP contribution >= 0.6 is 11.6 Å². The summed E-state index contributed by atoms with van der Waals surface area (Å²) in [5.41, 5.74) is 3.52. The van der Waals surface area contributed by atoms with Crippen LogP contribution in [0, 0.1) is 40.7 Å². The van der Waals surface area contributed by atoms with Gasteiger partial charge in [0.2, 0.25) is 17.6 Å². The van der Waals surface area contributed by atoms with Crippen molar-refractivity contribution in [2.24, 2.45) is 23.7 Å². The molecular formula is C35H26ClN3O7. The molecule has 4 atom stereocenters. The SMILES string of the molecule is CC1=CC2CC1C1C(=O)N(c3ccc(-c4cc(C(=O)OCC(=O)c5ccc(C)c([N+](=O)[O-])c5)c5cc(Cl)ccc5n4)cc3)C(=O)C21. The Hall–Kier alpha value is -5.22. The summed E-state index contributed by atoms with van der Waals surface area (Å²) >= 11 is 6.23. The van der Waals surface area contributed by atoms with Crippen molar-refractivity contribution in [3.8, 4) is 11.3 Å². The van der Waals surface area contributed by atoms with Crippen LogP contribution in [0.25, 0.3) is 22.2 Å². The molecule has 3 aromatic carbocycles. The first kappa shape index (κ1) is 29.5. The number of rotatable bonds is 7. The molecule has 2 amide bonds. The maximum absolute atomic E-state index is 13.4. The first-order valence-corrected chi connectivity index (χ1v) is 15.1. The number of carbonyl (C=O) groups is 4. The van der Waals surface area contributed by atoms with E-state index >= 15 is 0 Å². The number of halogens is 1. The number of pyridine rings is 1. The zero-order chi connectivity index (χ0) is 32.4. The maximum atomic E-state index is 13.4. The van der Waals surface area contributed by atoms with Crippen LogP contribution in [0.5, 0.6) is 0 Å². The molecule has 4 aromatic rings. The Bertz CT molecular complexity index is 2060. The van der Waals surface area contributed by atoms with Crippen molar-refractivity contribution in [2.75, 3.05) is 11.5 Å². The minimum atomic E-state index is -0.805. The van der Waals surface area contributed by atoms with Crippen LogP contribution in [-0.2, 0) is 14.3 Å². The van der Waals surface area contributed by atoms with Crippen molar-refractivity contribution in [1.29, 1.82) is 0 Å². The molecule has 4 unspecified atom stereocenters. The van der Waals surface area contributed by atoms with E-state index < -0.39 is 23.3 Å².